The summed E-state index contributed by atoms with van der Waals surface area (Å²) in [6.45, 7) is 2.10. The fourth-order valence-electron chi connectivity index (χ4n) is 3.70. The molecular weight excluding hydrogens is 400 g/mol. The Morgan fingerprint density at radius 1 is 1.10 bits per heavy atom. The molecular formula is C22H18N4O3S. The molecule has 0 aliphatic heterocycles. The predicted octanol–water partition coefficient (Wildman–Crippen LogP) is 3.46. The zero-order chi connectivity index (χ0) is 20.8. The molecule has 0 aliphatic carbocycles. The van der Waals surface area contributed by atoms with Crippen LogP contribution in [0.3, 0.4) is 0 Å². The summed E-state index contributed by atoms with van der Waals surface area (Å²) in [5.74, 6) is 0.699. The SMILES string of the molecule is COc1ccccc1Cn1c(C)c2c(=O)n(-c3nc4ccccc4s3)[nH]c2cc1=O. The van der Waals surface area contributed by atoms with Crippen molar-refractivity contribution in [2.75, 3.05) is 7.11 Å². The van der Waals surface area contributed by atoms with E-state index in [9.17, 15) is 9.59 Å². The van der Waals surface area contributed by atoms with E-state index < -0.39 is 0 Å². The smallest absolute Gasteiger partial charge is 0.282 e. The molecule has 5 aromatic rings. The van der Waals surface area contributed by atoms with Gasteiger partial charge in [-0.1, -0.05) is 41.7 Å². The van der Waals surface area contributed by atoms with Gasteiger partial charge in [0.25, 0.3) is 11.1 Å². The van der Waals surface area contributed by atoms with Crippen LogP contribution in [-0.4, -0.2) is 26.4 Å². The van der Waals surface area contributed by atoms with E-state index in [-0.39, 0.29) is 11.1 Å². The summed E-state index contributed by atoms with van der Waals surface area (Å²) in [5.41, 5.74) is 2.38. The number of hydrogen-bond donors (Lipinski definition) is 1. The van der Waals surface area contributed by atoms with E-state index in [1.165, 1.54) is 22.1 Å². The molecule has 0 saturated heterocycles. The Kier molecular flexibility index (Phi) is 4.29. The molecule has 7 nitrogen and oxygen atoms in total. The number of methoxy groups -OCH3 is 1. The molecule has 0 fully saturated rings. The summed E-state index contributed by atoms with van der Waals surface area (Å²) < 4.78 is 9.40. The quantitative estimate of drug-likeness (QED) is 0.485. The molecule has 1 N–H and O–H groups in total. The number of hydrogen-bond acceptors (Lipinski definition) is 5. The fourth-order valence-corrected chi connectivity index (χ4v) is 4.63. The van der Waals surface area contributed by atoms with Crippen molar-refractivity contribution >= 4 is 32.5 Å². The zero-order valence-corrected chi connectivity index (χ0v) is 17.2. The number of nitrogens with zero attached hydrogens (tertiary/aromatic N) is 3. The van der Waals surface area contributed by atoms with Crippen molar-refractivity contribution in [3.63, 3.8) is 0 Å². The van der Waals surface area contributed by atoms with Gasteiger partial charge in [0.1, 0.15) is 5.75 Å². The van der Waals surface area contributed by atoms with Crippen molar-refractivity contribution in [3.05, 3.63) is 86.6 Å². The van der Waals surface area contributed by atoms with Gasteiger partial charge in [-0.2, -0.15) is 4.68 Å². The molecule has 0 amide bonds. The Morgan fingerprint density at radius 2 is 1.87 bits per heavy atom. The minimum atomic E-state index is -0.227. The maximum Gasteiger partial charge on any atom is 0.282 e. The third kappa shape index (κ3) is 2.84. The van der Waals surface area contributed by atoms with Crippen LogP contribution in [0, 0.1) is 6.92 Å². The number of thiazole rings is 1. The van der Waals surface area contributed by atoms with Gasteiger partial charge in [-0.25, -0.2) is 4.98 Å². The van der Waals surface area contributed by atoms with Crippen LogP contribution < -0.4 is 15.9 Å². The molecule has 0 bridgehead atoms. The molecule has 0 aliphatic rings. The van der Waals surface area contributed by atoms with E-state index in [0.29, 0.717) is 34.0 Å². The first kappa shape index (κ1) is 18.4. The first-order valence-electron chi connectivity index (χ1n) is 9.40. The number of nitrogens with one attached hydrogen (secondary N) is 1. The van der Waals surface area contributed by atoms with Gasteiger partial charge in [0.05, 0.1) is 34.8 Å². The van der Waals surface area contributed by atoms with Crippen LogP contribution in [0.4, 0.5) is 0 Å². The van der Waals surface area contributed by atoms with Crippen LogP contribution in [0.15, 0.2) is 64.2 Å². The second-order valence-electron chi connectivity index (χ2n) is 6.97. The Balaban J connectivity index is 1.68. The number of ether oxygens (including phenoxy) is 1. The first-order valence-corrected chi connectivity index (χ1v) is 10.2. The van der Waals surface area contributed by atoms with Gasteiger partial charge in [-0.05, 0) is 25.1 Å². The molecule has 150 valence electrons. The number of aromatic amines is 1. The average molecular weight is 418 g/mol. The van der Waals surface area contributed by atoms with Gasteiger partial charge in [-0.15, -0.1) is 0 Å². The standard InChI is InChI=1S/C22H18N4O3S/c1-13-20-16(11-19(27)25(13)12-14-7-3-5-9-17(14)29-2)24-26(21(20)28)22-23-15-8-4-6-10-18(15)30-22/h3-11,24H,12H2,1-2H3. The highest BCUT2D eigenvalue weighted by Gasteiger charge is 2.18. The molecule has 3 aromatic heterocycles. The summed E-state index contributed by atoms with van der Waals surface area (Å²) in [5, 5.41) is 4.07. The monoisotopic (exact) mass is 418 g/mol. The van der Waals surface area contributed by atoms with Crippen molar-refractivity contribution in [3.8, 4) is 10.9 Å². The lowest BCUT2D eigenvalue weighted by molar-refractivity contribution is 0.408. The third-order valence-corrected chi connectivity index (χ3v) is 6.24. The highest BCUT2D eigenvalue weighted by atomic mass is 32.1. The summed E-state index contributed by atoms with van der Waals surface area (Å²) in [6, 6.07) is 16.7. The van der Waals surface area contributed by atoms with Gasteiger partial charge < -0.3 is 9.30 Å². The number of aromatic nitrogens is 4. The second kappa shape index (κ2) is 7.00. The molecule has 0 saturated carbocycles. The van der Waals surface area contributed by atoms with Gasteiger partial charge >= 0.3 is 0 Å². The van der Waals surface area contributed by atoms with E-state index in [1.54, 1.807) is 18.6 Å². The Morgan fingerprint density at radius 3 is 2.67 bits per heavy atom. The molecule has 3 heterocycles. The van der Waals surface area contributed by atoms with Crippen LogP contribution in [-0.2, 0) is 6.54 Å². The number of fused-ring (bicyclic) bond motifs is 2. The van der Waals surface area contributed by atoms with Crippen LogP contribution in [0.5, 0.6) is 5.75 Å². The maximum atomic E-state index is 13.2. The van der Waals surface area contributed by atoms with Crippen molar-refractivity contribution in [1.82, 2.24) is 19.3 Å². The Hall–Kier alpha value is -3.65. The number of para-hydroxylation sites is 2. The number of benzene rings is 2. The molecule has 30 heavy (non-hydrogen) atoms. The molecule has 8 heteroatoms. The van der Waals surface area contributed by atoms with E-state index in [2.05, 4.69) is 10.1 Å². The summed E-state index contributed by atoms with van der Waals surface area (Å²) in [6.07, 6.45) is 0. The lowest BCUT2D eigenvalue weighted by Crippen LogP contribution is -2.24. The zero-order valence-electron chi connectivity index (χ0n) is 16.4. The van der Waals surface area contributed by atoms with Crippen molar-refractivity contribution in [1.29, 1.82) is 0 Å². The van der Waals surface area contributed by atoms with Crippen molar-refractivity contribution in [2.45, 2.75) is 13.5 Å². The predicted molar refractivity (Wildman–Crippen MR) is 118 cm³/mol. The fraction of sp³-hybridized carbons (Fsp3) is 0.136. The van der Waals surface area contributed by atoms with Crippen LogP contribution in [0.2, 0.25) is 0 Å². The van der Waals surface area contributed by atoms with Gasteiger partial charge in [0, 0.05) is 17.3 Å². The van der Waals surface area contributed by atoms with E-state index >= 15 is 0 Å². The van der Waals surface area contributed by atoms with Crippen LogP contribution in [0.1, 0.15) is 11.3 Å². The molecule has 5 rings (SSSR count). The molecule has 2 aromatic carbocycles. The molecule has 0 spiro atoms. The van der Waals surface area contributed by atoms with Gasteiger partial charge in [-0.3, -0.25) is 14.7 Å². The van der Waals surface area contributed by atoms with Crippen molar-refractivity contribution in [2.24, 2.45) is 0 Å². The number of rotatable bonds is 4. The van der Waals surface area contributed by atoms with E-state index in [1.807, 2.05) is 48.5 Å². The molecule has 0 atom stereocenters. The Labute approximate surface area is 174 Å². The summed E-state index contributed by atoms with van der Waals surface area (Å²) >= 11 is 1.42. The number of aryl methyl sites for hydroxylation is 1. The topological polar surface area (TPSA) is 81.9 Å². The Bertz CT molecular complexity index is 1490. The van der Waals surface area contributed by atoms with Gasteiger partial charge in [0.15, 0.2) is 0 Å². The summed E-state index contributed by atoms with van der Waals surface area (Å²) in [4.78, 5) is 30.6. The molecule has 0 radical (unpaired) electrons. The highest BCUT2D eigenvalue weighted by molar-refractivity contribution is 7.20. The minimum absolute atomic E-state index is 0.191. The lowest BCUT2D eigenvalue weighted by Gasteiger charge is -2.13. The molecule has 0 unspecified atom stereocenters. The third-order valence-electron chi connectivity index (χ3n) is 5.21. The second-order valence-corrected chi connectivity index (χ2v) is 7.98. The van der Waals surface area contributed by atoms with Crippen LogP contribution >= 0.6 is 11.3 Å². The van der Waals surface area contributed by atoms with Crippen molar-refractivity contribution < 1.29 is 4.74 Å². The summed E-state index contributed by atoms with van der Waals surface area (Å²) in [7, 11) is 1.60. The lowest BCUT2D eigenvalue weighted by atomic mass is 10.1. The minimum Gasteiger partial charge on any atom is -0.496 e. The first-order chi connectivity index (χ1) is 14.6. The number of H-pyrrole nitrogens is 1. The normalized spacial score (nSPS) is 11.4. The van der Waals surface area contributed by atoms with E-state index in [0.717, 1.165) is 15.8 Å². The maximum absolute atomic E-state index is 13.2. The average Bonchev–Trinajstić information content (AvgIpc) is 3.32. The van der Waals surface area contributed by atoms with Gasteiger partial charge in [0.2, 0.25) is 5.13 Å². The highest BCUT2D eigenvalue weighted by Crippen LogP contribution is 2.25. The van der Waals surface area contributed by atoms with Crippen LogP contribution in [0.25, 0.3) is 26.3 Å². The largest absolute Gasteiger partial charge is 0.496 e. The van der Waals surface area contributed by atoms with E-state index in [4.69, 9.17) is 4.74 Å². The number of pyridine rings is 1.